The Morgan fingerprint density at radius 1 is 1.00 bits per heavy atom. The van der Waals surface area contributed by atoms with Crippen molar-refractivity contribution in [3.8, 4) is 0 Å². The van der Waals surface area contributed by atoms with Crippen LogP contribution in [-0.2, 0) is 32.4 Å². The normalized spacial score (nSPS) is 16.4. The SMILES string of the molecule is O=C(O)[C@H](CNS(=O)(=O)c1ccc(CCc2ccccc2)cc1)N1CCOCC1. The van der Waals surface area contributed by atoms with Crippen LogP contribution in [0.15, 0.2) is 59.5 Å². The molecule has 8 heteroatoms. The Kier molecular flexibility index (Phi) is 7.38. The summed E-state index contributed by atoms with van der Waals surface area (Å²) < 4.78 is 32.8. The zero-order valence-corrected chi connectivity index (χ0v) is 17.0. The molecule has 0 aromatic heterocycles. The van der Waals surface area contributed by atoms with Crippen LogP contribution in [0, 0.1) is 0 Å². The van der Waals surface area contributed by atoms with Gasteiger partial charge in [0.2, 0.25) is 10.0 Å². The number of hydrogen-bond acceptors (Lipinski definition) is 5. The lowest BCUT2D eigenvalue weighted by Gasteiger charge is -2.31. The van der Waals surface area contributed by atoms with Gasteiger partial charge in [-0.05, 0) is 36.1 Å². The van der Waals surface area contributed by atoms with Gasteiger partial charge in [0.25, 0.3) is 0 Å². The van der Waals surface area contributed by atoms with Crippen molar-refractivity contribution in [3.05, 3.63) is 65.7 Å². The van der Waals surface area contributed by atoms with E-state index in [1.807, 2.05) is 18.2 Å². The molecule has 1 heterocycles. The monoisotopic (exact) mass is 418 g/mol. The van der Waals surface area contributed by atoms with Crippen LogP contribution in [0.2, 0.25) is 0 Å². The van der Waals surface area contributed by atoms with Gasteiger partial charge >= 0.3 is 5.97 Å². The van der Waals surface area contributed by atoms with Crippen molar-refractivity contribution in [1.29, 1.82) is 0 Å². The van der Waals surface area contributed by atoms with Gasteiger partial charge in [-0.25, -0.2) is 13.1 Å². The first-order valence-corrected chi connectivity index (χ1v) is 11.1. The largest absolute Gasteiger partial charge is 0.480 e. The van der Waals surface area contributed by atoms with Gasteiger partial charge in [0.05, 0.1) is 18.1 Å². The molecule has 1 fully saturated rings. The molecule has 2 N–H and O–H groups in total. The van der Waals surface area contributed by atoms with E-state index in [1.54, 1.807) is 29.2 Å². The second-order valence-electron chi connectivity index (χ2n) is 6.98. The number of carboxylic acids is 1. The van der Waals surface area contributed by atoms with Crippen molar-refractivity contribution in [3.63, 3.8) is 0 Å². The van der Waals surface area contributed by atoms with Gasteiger partial charge in [-0.2, -0.15) is 0 Å². The van der Waals surface area contributed by atoms with Crippen molar-refractivity contribution in [2.75, 3.05) is 32.8 Å². The summed E-state index contributed by atoms with van der Waals surface area (Å²) in [5.41, 5.74) is 2.28. The van der Waals surface area contributed by atoms with Crippen LogP contribution >= 0.6 is 0 Å². The summed E-state index contributed by atoms with van der Waals surface area (Å²) in [5, 5.41) is 9.47. The lowest BCUT2D eigenvalue weighted by Crippen LogP contribution is -2.52. The predicted molar refractivity (Wildman–Crippen MR) is 109 cm³/mol. The molecule has 0 amide bonds. The maximum Gasteiger partial charge on any atom is 0.322 e. The van der Waals surface area contributed by atoms with Crippen LogP contribution in [0.3, 0.4) is 0 Å². The Bertz CT molecular complexity index is 894. The molecule has 1 aliphatic rings. The highest BCUT2D eigenvalue weighted by atomic mass is 32.2. The minimum absolute atomic E-state index is 0.132. The Morgan fingerprint density at radius 3 is 2.17 bits per heavy atom. The zero-order valence-electron chi connectivity index (χ0n) is 16.2. The number of nitrogens with one attached hydrogen (secondary N) is 1. The number of aliphatic carboxylic acids is 1. The van der Waals surface area contributed by atoms with Gasteiger partial charge in [-0.15, -0.1) is 0 Å². The van der Waals surface area contributed by atoms with Gasteiger partial charge in [0.1, 0.15) is 6.04 Å². The van der Waals surface area contributed by atoms with Crippen LogP contribution in [0.5, 0.6) is 0 Å². The lowest BCUT2D eigenvalue weighted by molar-refractivity contribution is -0.144. The van der Waals surface area contributed by atoms with Crippen molar-refractivity contribution < 1.29 is 23.1 Å². The summed E-state index contributed by atoms with van der Waals surface area (Å²) in [6.45, 7) is 1.64. The molecule has 7 nitrogen and oxygen atoms in total. The molecular weight excluding hydrogens is 392 g/mol. The topological polar surface area (TPSA) is 95.9 Å². The van der Waals surface area contributed by atoms with E-state index in [2.05, 4.69) is 16.9 Å². The van der Waals surface area contributed by atoms with Crippen molar-refractivity contribution >= 4 is 16.0 Å². The highest BCUT2D eigenvalue weighted by molar-refractivity contribution is 7.89. The van der Waals surface area contributed by atoms with Crippen LogP contribution in [0.4, 0.5) is 0 Å². The summed E-state index contributed by atoms with van der Waals surface area (Å²) in [6, 6.07) is 15.9. The maximum absolute atomic E-state index is 12.6. The van der Waals surface area contributed by atoms with Gasteiger partial charge in [0.15, 0.2) is 0 Å². The molecule has 2 aromatic carbocycles. The number of benzene rings is 2. The highest BCUT2D eigenvalue weighted by Crippen LogP contribution is 2.13. The van der Waals surface area contributed by atoms with E-state index in [0.29, 0.717) is 26.3 Å². The first-order valence-electron chi connectivity index (χ1n) is 9.63. The fourth-order valence-electron chi connectivity index (χ4n) is 3.30. The second-order valence-corrected chi connectivity index (χ2v) is 8.75. The molecule has 1 aliphatic heterocycles. The van der Waals surface area contributed by atoms with Crippen LogP contribution in [-0.4, -0.2) is 63.3 Å². The third kappa shape index (κ3) is 6.11. The Labute approximate surface area is 171 Å². The van der Waals surface area contributed by atoms with Crippen molar-refractivity contribution in [2.24, 2.45) is 0 Å². The molecule has 0 spiro atoms. The number of ether oxygens (including phenoxy) is 1. The molecule has 0 bridgehead atoms. The van der Waals surface area contributed by atoms with Crippen LogP contribution in [0.1, 0.15) is 11.1 Å². The van der Waals surface area contributed by atoms with Crippen LogP contribution < -0.4 is 4.72 Å². The zero-order chi connectivity index (χ0) is 20.7. The molecule has 0 aliphatic carbocycles. The molecule has 1 saturated heterocycles. The summed E-state index contributed by atoms with van der Waals surface area (Å²) in [6.07, 6.45) is 1.70. The molecule has 29 heavy (non-hydrogen) atoms. The maximum atomic E-state index is 12.6. The number of carboxylic acid groups (broad SMARTS) is 1. The van der Waals surface area contributed by atoms with Crippen molar-refractivity contribution in [1.82, 2.24) is 9.62 Å². The van der Waals surface area contributed by atoms with E-state index in [9.17, 15) is 18.3 Å². The number of nitrogens with zero attached hydrogens (tertiary/aromatic N) is 1. The van der Waals surface area contributed by atoms with Gasteiger partial charge in [-0.1, -0.05) is 42.5 Å². The minimum Gasteiger partial charge on any atom is -0.480 e. The van der Waals surface area contributed by atoms with E-state index in [4.69, 9.17) is 4.74 Å². The third-order valence-electron chi connectivity index (χ3n) is 5.02. The van der Waals surface area contributed by atoms with E-state index in [-0.39, 0.29) is 11.4 Å². The third-order valence-corrected chi connectivity index (χ3v) is 6.46. The molecule has 0 radical (unpaired) electrons. The van der Waals surface area contributed by atoms with Gasteiger partial charge in [-0.3, -0.25) is 9.69 Å². The Hall–Kier alpha value is -2.26. The van der Waals surface area contributed by atoms with Gasteiger partial charge in [0, 0.05) is 19.6 Å². The minimum atomic E-state index is -3.78. The van der Waals surface area contributed by atoms with E-state index in [1.165, 1.54) is 5.56 Å². The fraction of sp³-hybridized carbons (Fsp3) is 0.381. The molecule has 0 saturated carbocycles. The van der Waals surface area contributed by atoms with Crippen molar-refractivity contribution in [2.45, 2.75) is 23.8 Å². The fourth-order valence-corrected chi connectivity index (χ4v) is 4.34. The van der Waals surface area contributed by atoms with E-state index in [0.717, 1.165) is 18.4 Å². The molecule has 2 aromatic rings. The summed E-state index contributed by atoms with van der Waals surface area (Å²) in [5.74, 6) is -1.05. The lowest BCUT2D eigenvalue weighted by atomic mass is 10.0. The first-order chi connectivity index (χ1) is 14.0. The molecule has 3 rings (SSSR count). The number of carbonyl (C=O) groups is 1. The number of rotatable bonds is 9. The Morgan fingerprint density at radius 2 is 1.59 bits per heavy atom. The summed E-state index contributed by atoms with van der Waals surface area (Å²) >= 11 is 0. The number of hydrogen-bond donors (Lipinski definition) is 2. The van der Waals surface area contributed by atoms with E-state index < -0.39 is 22.0 Å². The second kappa shape index (κ2) is 9.98. The van der Waals surface area contributed by atoms with Crippen LogP contribution in [0.25, 0.3) is 0 Å². The number of aryl methyl sites for hydroxylation is 2. The predicted octanol–water partition coefficient (Wildman–Crippen LogP) is 1.54. The average Bonchev–Trinajstić information content (AvgIpc) is 2.74. The molecule has 156 valence electrons. The quantitative estimate of drug-likeness (QED) is 0.641. The highest BCUT2D eigenvalue weighted by Gasteiger charge is 2.28. The number of morpholine rings is 1. The first kappa shape index (κ1) is 21.4. The smallest absolute Gasteiger partial charge is 0.322 e. The van der Waals surface area contributed by atoms with Gasteiger partial charge < -0.3 is 9.84 Å². The summed E-state index contributed by atoms with van der Waals surface area (Å²) in [7, 11) is -3.78. The standard InChI is InChI=1S/C21H26N2O5S/c24-21(25)20(23-12-14-28-15-13-23)16-22-29(26,27)19-10-8-18(9-11-19)7-6-17-4-2-1-3-5-17/h1-5,8-11,20,22H,6-7,12-16H2,(H,24,25)/t20-/m0/s1. The molecule has 0 unspecified atom stereocenters. The molecular formula is C21H26N2O5S. The molecule has 1 atom stereocenters. The average molecular weight is 419 g/mol. The Balaban J connectivity index is 1.58. The summed E-state index contributed by atoms with van der Waals surface area (Å²) in [4.78, 5) is 13.4. The number of sulfonamides is 1. The van der Waals surface area contributed by atoms with E-state index >= 15 is 0 Å².